The predicted molar refractivity (Wildman–Crippen MR) is 99.5 cm³/mol. The normalized spacial score (nSPS) is 16.4. The summed E-state index contributed by atoms with van der Waals surface area (Å²) >= 11 is 0. The Kier molecular flexibility index (Phi) is 6.84. The van der Waals surface area contributed by atoms with Gasteiger partial charge in [0.1, 0.15) is 0 Å². The zero-order valence-electron chi connectivity index (χ0n) is 15.3. The van der Waals surface area contributed by atoms with Crippen LogP contribution in [0.25, 0.3) is 0 Å². The summed E-state index contributed by atoms with van der Waals surface area (Å²) in [5.41, 5.74) is 1.20. The zero-order valence-corrected chi connectivity index (χ0v) is 16.1. The van der Waals surface area contributed by atoms with Gasteiger partial charge in [0.25, 0.3) is 5.91 Å². The van der Waals surface area contributed by atoms with Gasteiger partial charge in [-0.2, -0.15) is 0 Å². The molecule has 0 atom stereocenters. The molecule has 1 amide bonds. The number of hydrogen-bond donors (Lipinski definition) is 0. The lowest BCUT2D eigenvalue weighted by molar-refractivity contribution is 0.0589. The average molecular weight is 368 g/mol. The molecule has 1 heterocycles. The van der Waals surface area contributed by atoms with E-state index in [0.717, 1.165) is 12.8 Å². The highest BCUT2D eigenvalue weighted by atomic mass is 32.2. The number of carbonyl (C=O) groups is 1. The highest BCUT2D eigenvalue weighted by Gasteiger charge is 2.29. The monoisotopic (exact) mass is 368 g/mol. The van der Waals surface area contributed by atoms with Crippen LogP contribution in [0, 0.1) is 0 Å². The van der Waals surface area contributed by atoms with Gasteiger partial charge in [0, 0.05) is 31.8 Å². The molecule has 140 valence electrons. The number of amides is 1. The molecule has 0 unspecified atom stereocenters. The van der Waals surface area contributed by atoms with Crippen LogP contribution in [0.15, 0.2) is 24.3 Å². The number of ether oxygens (including phenoxy) is 1. The Morgan fingerprint density at radius 1 is 1.24 bits per heavy atom. The van der Waals surface area contributed by atoms with Crippen molar-refractivity contribution in [2.75, 3.05) is 36.9 Å². The summed E-state index contributed by atoms with van der Waals surface area (Å²) < 4.78 is 30.6. The summed E-state index contributed by atoms with van der Waals surface area (Å²) in [7, 11) is -1.58. The van der Waals surface area contributed by atoms with Crippen LogP contribution in [0.1, 0.15) is 43.5 Å². The van der Waals surface area contributed by atoms with Gasteiger partial charge in [-0.15, -0.1) is 0 Å². The SMILES string of the molecule is CCC(CC)N(CCOC)C(=O)c1ccc(N2CCCS2(=O)=O)cc1. The van der Waals surface area contributed by atoms with E-state index in [-0.39, 0.29) is 17.7 Å². The first-order valence-electron chi connectivity index (χ1n) is 8.85. The van der Waals surface area contributed by atoms with Crippen molar-refractivity contribution in [1.82, 2.24) is 4.90 Å². The first-order chi connectivity index (χ1) is 11.9. The molecule has 1 aliphatic rings. The minimum atomic E-state index is -3.20. The van der Waals surface area contributed by atoms with Gasteiger partial charge in [0.05, 0.1) is 18.0 Å². The van der Waals surface area contributed by atoms with Gasteiger partial charge in [-0.3, -0.25) is 9.10 Å². The van der Waals surface area contributed by atoms with Crippen molar-refractivity contribution in [3.05, 3.63) is 29.8 Å². The van der Waals surface area contributed by atoms with Gasteiger partial charge >= 0.3 is 0 Å². The van der Waals surface area contributed by atoms with E-state index in [1.54, 1.807) is 31.4 Å². The van der Waals surface area contributed by atoms with E-state index in [1.807, 2.05) is 4.90 Å². The minimum absolute atomic E-state index is 0.0402. The van der Waals surface area contributed by atoms with Crippen molar-refractivity contribution in [2.45, 2.75) is 39.2 Å². The van der Waals surface area contributed by atoms with E-state index in [4.69, 9.17) is 4.74 Å². The van der Waals surface area contributed by atoms with Gasteiger partial charge in [0.2, 0.25) is 10.0 Å². The molecule has 0 saturated carbocycles. The molecule has 1 aromatic carbocycles. The van der Waals surface area contributed by atoms with E-state index in [9.17, 15) is 13.2 Å². The Morgan fingerprint density at radius 2 is 1.88 bits per heavy atom. The fraction of sp³-hybridized carbons (Fsp3) is 0.611. The second-order valence-electron chi connectivity index (χ2n) is 6.25. The van der Waals surface area contributed by atoms with Gasteiger partial charge in [-0.05, 0) is 43.5 Å². The van der Waals surface area contributed by atoms with Crippen molar-refractivity contribution in [3.8, 4) is 0 Å². The fourth-order valence-electron chi connectivity index (χ4n) is 3.23. The maximum absolute atomic E-state index is 12.9. The van der Waals surface area contributed by atoms with E-state index >= 15 is 0 Å². The fourth-order valence-corrected chi connectivity index (χ4v) is 4.80. The number of carbonyl (C=O) groups excluding carboxylic acids is 1. The highest BCUT2D eigenvalue weighted by Crippen LogP contribution is 2.25. The lowest BCUT2D eigenvalue weighted by Gasteiger charge is -2.30. The summed E-state index contributed by atoms with van der Waals surface area (Å²) in [5, 5.41) is 0. The summed E-state index contributed by atoms with van der Waals surface area (Å²) in [6.45, 7) is 5.69. The van der Waals surface area contributed by atoms with Gasteiger partial charge < -0.3 is 9.64 Å². The van der Waals surface area contributed by atoms with Gasteiger partial charge in [-0.1, -0.05) is 13.8 Å². The second-order valence-corrected chi connectivity index (χ2v) is 8.26. The molecule has 1 aromatic rings. The molecule has 25 heavy (non-hydrogen) atoms. The third-order valence-corrected chi connectivity index (χ3v) is 6.55. The Balaban J connectivity index is 2.19. The van der Waals surface area contributed by atoms with Crippen molar-refractivity contribution in [2.24, 2.45) is 0 Å². The standard InChI is InChI=1S/C18H28N2O4S/c1-4-16(5-2)19(12-13-24-3)18(21)15-7-9-17(10-8-15)20-11-6-14-25(20,22)23/h7-10,16H,4-6,11-14H2,1-3H3. The third kappa shape index (κ3) is 4.52. The lowest BCUT2D eigenvalue weighted by Crippen LogP contribution is -2.41. The van der Waals surface area contributed by atoms with Crippen LogP contribution < -0.4 is 4.31 Å². The molecule has 0 spiro atoms. The molecule has 2 rings (SSSR count). The molecule has 1 fully saturated rings. The Labute approximate surface area is 150 Å². The second kappa shape index (κ2) is 8.67. The molecule has 7 heteroatoms. The molecule has 0 aromatic heterocycles. The number of benzene rings is 1. The summed E-state index contributed by atoms with van der Waals surface area (Å²) in [6, 6.07) is 7.04. The summed E-state index contributed by atoms with van der Waals surface area (Å²) in [4.78, 5) is 14.8. The number of anilines is 1. The average Bonchev–Trinajstić information content (AvgIpc) is 2.97. The Hall–Kier alpha value is -1.60. The molecule has 1 aliphatic heterocycles. The molecule has 1 saturated heterocycles. The van der Waals surface area contributed by atoms with Crippen LogP contribution in [0.2, 0.25) is 0 Å². The van der Waals surface area contributed by atoms with Crippen molar-refractivity contribution in [1.29, 1.82) is 0 Å². The number of nitrogens with zero attached hydrogens (tertiary/aromatic N) is 2. The van der Waals surface area contributed by atoms with Gasteiger partial charge in [0.15, 0.2) is 0 Å². The zero-order chi connectivity index (χ0) is 18.4. The first-order valence-corrected chi connectivity index (χ1v) is 10.5. The molecule has 6 nitrogen and oxygen atoms in total. The van der Waals surface area contributed by atoms with Crippen LogP contribution in [0.4, 0.5) is 5.69 Å². The van der Waals surface area contributed by atoms with E-state index in [0.29, 0.717) is 37.4 Å². The van der Waals surface area contributed by atoms with E-state index in [1.165, 1.54) is 4.31 Å². The number of methoxy groups -OCH3 is 1. The summed E-state index contributed by atoms with van der Waals surface area (Å²) in [6.07, 6.45) is 2.41. The predicted octanol–water partition coefficient (Wildman–Crippen LogP) is 2.50. The van der Waals surface area contributed by atoms with Gasteiger partial charge in [-0.25, -0.2) is 8.42 Å². The number of hydrogen-bond acceptors (Lipinski definition) is 4. The molecule has 0 N–H and O–H groups in total. The van der Waals surface area contributed by atoms with E-state index < -0.39 is 10.0 Å². The quantitative estimate of drug-likeness (QED) is 0.707. The highest BCUT2D eigenvalue weighted by molar-refractivity contribution is 7.93. The topological polar surface area (TPSA) is 66.9 Å². The Bertz CT molecular complexity index is 669. The van der Waals surface area contributed by atoms with Crippen molar-refractivity contribution >= 4 is 21.6 Å². The van der Waals surface area contributed by atoms with Crippen LogP contribution >= 0.6 is 0 Å². The largest absolute Gasteiger partial charge is 0.383 e. The minimum Gasteiger partial charge on any atom is -0.383 e. The molecule has 0 bridgehead atoms. The lowest BCUT2D eigenvalue weighted by atomic mass is 10.1. The molecule has 0 radical (unpaired) electrons. The maximum atomic E-state index is 12.9. The van der Waals surface area contributed by atoms with Crippen LogP contribution in [-0.4, -0.2) is 57.8 Å². The number of rotatable bonds is 8. The number of sulfonamides is 1. The van der Waals surface area contributed by atoms with Crippen LogP contribution in [0.5, 0.6) is 0 Å². The Morgan fingerprint density at radius 3 is 2.36 bits per heavy atom. The molecule has 0 aliphatic carbocycles. The van der Waals surface area contributed by atoms with Crippen LogP contribution in [0.3, 0.4) is 0 Å². The van der Waals surface area contributed by atoms with Crippen molar-refractivity contribution < 1.29 is 17.9 Å². The molecular weight excluding hydrogens is 340 g/mol. The molecular formula is C18H28N2O4S. The van der Waals surface area contributed by atoms with Crippen LogP contribution in [-0.2, 0) is 14.8 Å². The summed E-state index contributed by atoms with van der Waals surface area (Å²) in [5.74, 6) is 0.147. The smallest absolute Gasteiger partial charge is 0.254 e. The maximum Gasteiger partial charge on any atom is 0.254 e. The van der Waals surface area contributed by atoms with E-state index in [2.05, 4.69) is 13.8 Å². The first kappa shape index (κ1) is 19.7. The third-order valence-electron chi connectivity index (χ3n) is 4.68. The van der Waals surface area contributed by atoms with Crippen molar-refractivity contribution in [3.63, 3.8) is 0 Å².